The molecule has 0 saturated heterocycles. The predicted octanol–water partition coefficient (Wildman–Crippen LogP) is -1.84. The van der Waals surface area contributed by atoms with Gasteiger partial charge in [0.15, 0.2) is 0 Å². The van der Waals surface area contributed by atoms with Crippen LogP contribution < -0.4 is 21.7 Å². The molecule has 0 rings (SSSR count). The maximum Gasteiger partial charge on any atom is 0.325 e. The lowest BCUT2D eigenvalue weighted by Crippen LogP contribution is -2.59. The van der Waals surface area contributed by atoms with E-state index < -0.39 is 66.4 Å². The molecule has 0 aromatic heterocycles. The van der Waals surface area contributed by atoms with E-state index in [9.17, 15) is 29.1 Å². The van der Waals surface area contributed by atoms with Gasteiger partial charge in [0.25, 0.3) is 0 Å². The third kappa shape index (κ3) is 9.18. The number of carboxylic acids is 2. The molecule has 0 bridgehead atoms. The monoisotopic (exact) mass is 432 g/mol. The first kappa shape index (κ1) is 27.3. The van der Waals surface area contributed by atoms with Gasteiger partial charge in [-0.3, -0.25) is 24.0 Å². The van der Waals surface area contributed by atoms with Gasteiger partial charge in [-0.15, -0.1) is 0 Å². The van der Waals surface area contributed by atoms with Gasteiger partial charge in [0.2, 0.25) is 17.7 Å². The second-order valence-electron chi connectivity index (χ2n) is 7.20. The molecule has 0 aromatic carbocycles. The number of carboxylic acid groups (broad SMARTS) is 2. The number of carbonyl (C=O) groups excluding carboxylic acids is 3. The smallest absolute Gasteiger partial charge is 0.325 e. The van der Waals surface area contributed by atoms with Gasteiger partial charge in [0, 0.05) is 6.42 Å². The first-order valence-electron chi connectivity index (χ1n) is 9.61. The first-order valence-corrected chi connectivity index (χ1v) is 9.61. The molecule has 172 valence electrons. The maximum atomic E-state index is 12.7. The molecule has 3 amide bonds. The molecule has 0 heterocycles. The average Bonchev–Trinajstić information content (AvgIpc) is 2.66. The largest absolute Gasteiger partial charge is 0.481 e. The lowest BCUT2D eigenvalue weighted by Gasteiger charge is -2.27. The van der Waals surface area contributed by atoms with Crippen LogP contribution in [0.3, 0.4) is 0 Å². The van der Waals surface area contributed by atoms with Gasteiger partial charge < -0.3 is 37.0 Å². The molecule has 0 saturated carbocycles. The van der Waals surface area contributed by atoms with Crippen molar-refractivity contribution in [2.24, 2.45) is 11.7 Å². The van der Waals surface area contributed by atoms with E-state index in [4.69, 9.17) is 15.9 Å². The molecule has 6 unspecified atom stereocenters. The Morgan fingerprint density at radius 1 is 0.900 bits per heavy atom. The zero-order valence-corrected chi connectivity index (χ0v) is 17.5. The van der Waals surface area contributed by atoms with Crippen LogP contribution in [-0.4, -0.2) is 75.3 Å². The summed E-state index contributed by atoms with van der Waals surface area (Å²) in [5.74, 6) is -5.25. The van der Waals surface area contributed by atoms with E-state index in [2.05, 4.69) is 16.0 Å². The van der Waals surface area contributed by atoms with Gasteiger partial charge in [-0.1, -0.05) is 20.3 Å². The molecular formula is C18H32N4O8. The number of aliphatic hydroxyl groups is 1. The number of nitrogens with two attached hydrogens (primary N) is 1. The summed E-state index contributed by atoms with van der Waals surface area (Å²) < 4.78 is 0. The van der Waals surface area contributed by atoms with E-state index in [1.165, 1.54) is 13.8 Å². The zero-order valence-electron chi connectivity index (χ0n) is 17.5. The Hall–Kier alpha value is -2.73. The summed E-state index contributed by atoms with van der Waals surface area (Å²) in [6.07, 6.45) is -1.46. The van der Waals surface area contributed by atoms with Crippen molar-refractivity contribution in [2.45, 2.75) is 77.2 Å². The Kier molecular flexibility index (Phi) is 11.6. The normalized spacial score (nSPS) is 16.9. The highest BCUT2D eigenvalue weighted by atomic mass is 16.4. The lowest BCUT2D eigenvalue weighted by atomic mass is 9.97. The third-order valence-electron chi connectivity index (χ3n) is 4.62. The van der Waals surface area contributed by atoms with Crippen LogP contribution >= 0.6 is 0 Å². The highest BCUT2D eigenvalue weighted by Crippen LogP contribution is 2.10. The number of rotatable bonds is 13. The second-order valence-corrected chi connectivity index (χ2v) is 7.20. The Bertz CT molecular complexity index is 640. The minimum atomic E-state index is -1.34. The van der Waals surface area contributed by atoms with Gasteiger partial charge in [-0.05, 0) is 26.2 Å². The van der Waals surface area contributed by atoms with Crippen molar-refractivity contribution in [3.63, 3.8) is 0 Å². The fourth-order valence-electron chi connectivity index (χ4n) is 2.34. The molecular weight excluding hydrogens is 400 g/mol. The van der Waals surface area contributed by atoms with Crippen molar-refractivity contribution in [1.29, 1.82) is 0 Å². The van der Waals surface area contributed by atoms with Crippen molar-refractivity contribution in [3.05, 3.63) is 0 Å². The van der Waals surface area contributed by atoms with Gasteiger partial charge >= 0.3 is 11.9 Å². The SMILES string of the molecule is CCC(C)C(NC(=O)C(CCC(=O)O)NC(=O)C(N)C(C)O)C(=O)NC(C)C(=O)O. The molecule has 0 aromatic rings. The molecule has 0 fully saturated rings. The molecule has 0 radical (unpaired) electrons. The van der Waals surface area contributed by atoms with Gasteiger partial charge in [0.1, 0.15) is 24.2 Å². The standard InChI is InChI=1S/C18H32N4O8/c1-5-8(2)14(17(28)20-9(3)18(29)30)22-15(26)11(6-7-12(24)25)21-16(27)13(19)10(4)23/h8-11,13-14,23H,5-7,19H2,1-4H3,(H,20,28)(H,21,27)(H,22,26)(H,24,25)(H,29,30). The zero-order chi connectivity index (χ0) is 23.6. The Labute approximate surface area is 174 Å². The molecule has 30 heavy (non-hydrogen) atoms. The fourth-order valence-corrected chi connectivity index (χ4v) is 2.34. The van der Waals surface area contributed by atoms with Crippen LogP contribution in [0.25, 0.3) is 0 Å². The van der Waals surface area contributed by atoms with Crippen LogP contribution in [-0.2, 0) is 24.0 Å². The topological polar surface area (TPSA) is 208 Å². The molecule has 6 atom stereocenters. The van der Waals surface area contributed by atoms with Gasteiger partial charge in [-0.2, -0.15) is 0 Å². The number of amides is 3. The Morgan fingerprint density at radius 2 is 1.47 bits per heavy atom. The summed E-state index contributed by atoms with van der Waals surface area (Å²) in [6, 6.07) is -4.96. The average molecular weight is 432 g/mol. The van der Waals surface area contributed by atoms with Crippen LogP contribution in [0, 0.1) is 5.92 Å². The summed E-state index contributed by atoms with van der Waals surface area (Å²) in [5, 5.41) is 34.3. The summed E-state index contributed by atoms with van der Waals surface area (Å²) in [4.78, 5) is 59.2. The number of aliphatic hydroxyl groups excluding tert-OH is 1. The van der Waals surface area contributed by atoms with E-state index in [0.717, 1.165) is 0 Å². The molecule has 12 nitrogen and oxygen atoms in total. The van der Waals surface area contributed by atoms with E-state index in [-0.39, 0.29) is 12.3 Å². The Morgan fingerprint density at radius 3 is 1.90 bits per heavy atom. The van der Waals surface area contributed by atoms with Crippen molar-refractivity contribution in [2.75, 3.05) is 0 Å². The molecule has 0 aliphatic carbocycles. The van der Waals surface area contributed by atoms with Gasteiger partial charge in [0.05, 0.1) is 6.10 Å². The Balaban J connectivity index is 5.48. The summed E-state index contributed by atoms with van der Waals surface area (Å²) in [7, 11) is 0. The number of nitrogens with one attached hydrogen (secondary N) is 3. The van der Waals surface area contributed by atoms with Crippen LogP contribution in [0.4, 0.5) is 0 Å². The third-order valence-corrected chi connectivity index (χ3v) is 4.62. The van der Waals surface area contributed by atoms with E-state index >= 15 is 0 Å². The number of carbonyl (C=O) groups is 5. The van der Waals surface area contributed by atoms with E-state index in [0.29, 0.717) is 6.42 Å². The predicted molar refractivity (Wildman–Crippen MR) is 105 cm³/mol. The molecule has 8 N–H and O–H groups in total. The number of hydrogen-bond acceptors (Lipinski definition) is 7. The van der Waals surface area contributed by atoms with Crippen molar-refractivity contribution >= 4 is 29.7 Å². The minimum Gasteiger partial charge on any atom is -0.481 e. The van der Waals surface area contributed by atoms with Crippen LogP contribution in [0.15, 0.2) is 0 Å². The van der Waals surface area contributed by atoms with Crippen molar-refractivity contribution in [1.82, 2.24) is 16.0 Å². The van der Waals surface area contributed by atoms with Crippen molar-refractivity contribution < 1.29 is 39.3 Å². The molecule has 0 aliphatic heterocycles. The van der Waals surface area contributed by atoms with Crippen molar-refractivity contribution in [3.8, 4) is 0 Å². The second kappa shape index (κ2) is 12.8. The van der Waals surface area contributed by atoms with Crippen LogP contribution in [0.5, 0.6) is 0 Å². The highest BCUT2D eigenvalue weighted by molar-refractivity contribution is 5.94. The summed E-state index contributed by atoms with van der Waals surface area (Å²) in [6.45, 7) is 5.99. The highest BCUT2D eigenvalue weighted by Gasteiger charge is 2.32. The van der Waals surface area contributed by atoms with E-state index in [1.807, 2.05) is 0 Å². The molecule has 0 aliphatic rings. The van der Waals surface area contributed by atoms with Crippen LogP contribution in [0.1, 0.15) is 47.0 Å². The molecule has 12 heteroatoms. The maximum absolute atomic E-state index is 12.7. The van der Waals surface area contributed by atoms with E-state index in [1.54, 1.807) is 13.8 Å². The molecule has 0 spiro atoms. The minimum absolute atomic E-state index is 0.278. The summed E-state index contributed by atoms with van der Waals surface area (Å²) in [5.41, 5.74) is 5.54. The van der Waals surface area contributed by atoms with Gasteiger partial charge in [-0.25, -0.2) is 0 Å². The first-order chi connectivity index (χ1) is 13.8. The van der Waals surface area contributed by atoms with Crippen LogP contribution in [0.2, 0.25) is 0 Å². The quantitative estimate of drug-likeness (QED) is 0.174. The lowest BCUT2D eigenvalue weighted by molar-refractivity contribution is -0.142. The fraction of sp³-hybridized carbons (Fsp3) is 0.722. The number of aliphatic carboxylic acids is 2. The summed E-state index contributed by atoms with van der Waals surface area (Å²) >= 11 is 0. The number of hydrogen-bond donors (Lipinski definition) is 7.